The predicted molar refractivity (Wildman–Crippen MR) is 101 cm³/mol. The molecule has 2 rings (SSSR count). The summed E-state index contributed by atoms with van der Waals surface area (Å²) in [6.07, 6.45) is 0.265. The van der Waals surface area contributed by atoms with E-state index in [4.69, 9.17) is 14.2 Å². The van der Waals surface area contributed by atoms with Gasteiger partial charge in [-0.1, -0.05) is 42.5 Å². The summed E-state index contributed by atoms with van der Waals surface area (Å²) in [6, 6.07) is 15.4. The van der Waals surface area contributed by atoms with Gasteiger partial charge in [0, 0.05) is 13.3 Å². The van der Waals surface area contributed by atoms with Gasteiger partial charge in [-0.3, -0.25) is 4.79 Å². The second kappa shape index (κ2) is 10.8. The Labute approximate surface area is 163 Å². The van der Waals surface area contributed by atoms with Crippen molar-refractivity contribution in [1.29, 1.82) is 0 Å². The SMILES string of the molecule is COC(=O)[C@@H](Cc1ccc(OC(=O)COCc2ccccc2)cc1)NC(C)=O. The Hall–Kier alpha value is -3.19. The number of benzene rings is 2. The molecule has 0 aliphatic heterocycles. The van der Waals surface area contributed by atoms with Crippen molar-refractivity contribution in [1.82, 2.24) is 5.32 Å². The number of esters is 2. The molecule has 0 spiro atoms. The van der Waals surface area contributed by atoms with E-state index in [1.165, 1.54) is 14.0 Å². The van der Waals surface area contributed by atoms with Gasteiger partial charge in [0.25, 0.3) is 0 Å². The molecule has 0 bridgehead atoms. The Morgan fingerprint density at radius 3 is 2.25 bits per heavy atom. The van der Waals surface area contributed by atoms with E-state index in [1.54, 1.807) is 24.3 Å². The maximum Gasteiger partial charge on any atom is 0.337 e. The first-order valence-corrected chi connectivity index (χ1v) is 8.74. The fraction of sp³-hybridized carbons (Fsp3) is 0.286. The molecule has 0 unspecified atom stereocenters. The van der Waals surface area contributed by atoms with Crippen molar-refractivity contribution in [3.63, 3.8) is 0 Å². The second-order valence-corrected chi connectivity index (χ2v) is 6.08. The van der Waals surface area contributed by atoms with Crippen molar-refractivity contribution in [3.05, 3.63) is 65.7 Å². The van der Waals surface area contributed by atoms with Crippen LogP contribution in [0.4, 0.5) is 0 Å². The van der Waals surface area contributed by atoms with Crippen molar-refractivity contribution in [2.75, 3.05) is 13.7 Å². The molecule has 7 heteroatoms. The van der Waals surface area contributed by atoms with Crippen LogP contribution in [0.2, 0.25) is 0 Å². The third-order valence-electron chi connectivity index (χ3n) is 3.79. The first-order valence-electron chi connectivity index (χ1n) is 8.74. The van der Waals surface area contributed by atoms with Crippen LogP contribution in [0, 0.1) is 0 Å². The Balaban J connectivity index is 1.83. The zero-order valence-electron chi connectivity index (χ0n) is 15.8. The smallest absolute Gasteiger partial charge is 0.337 e. The third-order valence-corrected chi connectivity index (χ3v) is 3.79. The van der Waals surface area contributed by atoms with Crippen LogP contribution in [0.5, 0.6) is 5.75 Å². The van der Waals surface area contributed by atoms with E-state index >= 15 is 0 Å². The highest BCUT2D eigenvalue weighted by molar-refractivity contribution is 5.83. The number of hydrogen-bond donors (Lipinski definition) is 1. The molecule has 0 saturated heterocycles. The molecule has 0 aliphatic carbocycles. The van der Waals surface area contributed by atoms with Crippen LogP contribution in [0.1, 0.15) is 18.1 Å². The van der Waals surface area contributed by atoms with Crippen molar-refractivity contribution in [2.45, 2.75) is 26.0 Å². The van der Waals surface area contributed by atoms with Gasteiger partial charge in [0.15, 0.2) is 0 Å². The second-order valence-electron chi connectivity index (χ2n) is 6.08. The fourth-order valence-corrected chi connectivity index (χ4v) is 2.50. The monoisotopic (exact) mass is 385 g/mol. The van der Waals surface area contributed by atoms with E-state index in [1.807, 2.05) is 30.3 Å². The average Bonchev–Trinajstić information content (AvgIpc) is 2.69. The van der Waals surface area contributed by atoms with E-state index < -0.39 is 18.0 Å². The fourth-order valence-electron chi connectivity index (χ4n) is 2.50. The minimum atomic E-state index is -0.776. The highest BCUT2D eigenvalue weighted by Gasteiger charge is 2.20. The van der Waals surface area contributed by atoms with Crippen LogP contribution >= 0.6 is 0 Å². The summed E-state index contributed by atoms with van der Waals surface area (Å²) >= 11 is 0. The van der Waals surface area contributed by atoms with Crippen molar-refractivity contribution in [3.8, 4) is 5.75 Å². The summed E-state index contributed by atoms with van der Waals surface area (Å²) in [5, 5.41) is 2.55. The van der Waals surface area contributed by atoms with Crippen molar-refractivity contribution >= 4 is 17.8 Å². The minimum Gasteiger partial charge on any atom is -0.467 e. The van der Waals surface area contributed by atoms with E-state index in [-0.39, 0.29) is 18.9 Å². The van der Waals surface area contributed by atoms with E-state index in [9.17, 15) is 14.4 Å². The minimum absolute atomic E-state index is 0.163. The molecule has 1 atom stereocenters. The molecule has 1 amide bonds. The largest absolute Gasteiger partial charge is 0.467 e. The van der Waals surface area contributed by atoms with Gasteiger partial charge in [0.05, 0.1) is 13.7 Å². The molecule has 1 N–H and O–H groups in total. The number of carbonyl (C=O) groups excluding carboxylic acids is 3. The molecular weight excluding hydrogens is 362 g/mol. The highest BCUT2D eigenvalue weighted by Crippen LogP contribution is 2.14. The number of amides is 1. The van der Waals surface area contributed by atoms with Gasteiger partial charge in [-0.05, 0) is 23.3 Å². The quantitative estimate of drug-likeness (QED) is 0.525. The predicted octanol–water partition coefficient (Wildman–Crippen LogP) is 2.03. The molecule has 148 valence electrons. The molecule has 0 heterocycles. The number of methoxy groups -OCH3 is 1. The highest BCUT2D eigenvalue weighted by atomic mass is 16.6. The molecule has 0 aromatic heterocycles. The van der Waals surface area contributed by atoms with Crippen LogP contribution in [0.3, 0.4) is 0 Å². The van der Waals surface area contributed by atoms with Gasteiger partial charge < -0.3 is 19.5 Å². The van der Waals surface area contributed by atoms with Crippen LogP contribution in [0.15, 0.2) is 54.6 Å². The van der Waals surface area contributed by atoms with Crippen LogP contribution in [0.25, 0.3) is 0 Å². The Morgan fingerprint density at radius 2 is 1.64 bits per heavy atom. The summed E-state index contributed by atoms with van der Waals surface area (Å²) in [6.45, 7) is 1.49. The Bertz CT molecular complexity index is 788. The first-order chi connectivity index (χ1) is 13.5. The molecule has 7 nitrogen and oxygen atoms in total. The molecule has 0 radical (unpaired) electrons. The lowest BCUT2D eigenvalue weighted by atomic mass is 10.1. The summed E-state index contributed by atoms with van der Waals surface area (Å²) in [5.41, 5.74) is 1.75. The topological polar surface area (TPSA) is 90.9 Å². The molecule has 2 aromatic rings. The summed E-state index contributed by atoms with van der Waals surface area (Å²) in [4.78, 5) is 34.8. The number of carbonyl (C=O) groups is 3. The van der Waals surface area contributed by atoms with Gasteiger partial charge in [0.1, 0.15) is 18.4 Å². The van der Waals surface area contributed by atoms with Crippen LogP contribution < -0.4 is 10.1 Å². The summed E-state index contributed by atoms with van der Waals surface area (Å²) in [7, 11) is 1.26. The maximum absolute atomic E-state index is 11.9. The summed E-state index contributed by atoms with van der Waals surface area (Å²) in [5.74, 6) is -0.988. The standard InChI is InChI=1S/C21H23NO6/c1-15(23)22-19(21(25)26-2)12-16-8-10-18(11-9-16)28-20(24)14-27-13-17-6-4-3-5-7-17/h3-11,19H,12-14H2,1-2H3,(H,22,23)/t19-/m1/s1. The maximum atomic E-state index is 11.9. The van der Waals surface area contributed by atoms with Crippen LogP contribution in [-0.4, -0.2) is 37.6 Å². The van der Waals surface area contributed by atoms with Crippen molar-refractivity contribution < 1.29 is 28.6 Å². The lowest BCUT2D eigenvalue weighted by Gasteiger charge is -2.15. The lowest BCUT2D eigenvalue weighted by Crippen LogP contribution is -2.41. The Morgan fingerprint density at radius 1 is 0.964 bits per heavy atom. The third kappa shape index (κ3) is 7.20. The molecular formula is C21H23NO6. The molecule has 0 saturated carbocycles. The first kappa shape index (κ1) is 21.1. The zero-order valence-corrected chi connectivity index (χ0v) is 15.8. The molecule has 0 fully saturated rings. The van der Waals surface area contributed by atoms with Gasteiger partial charge in [-0.25, -0.2) is 9.59 Å². The zero-order chi connectivity index (χ0) is 20.4. The Kier molecular flexibility index (Phi) is 8.17. The normalized spacial score (nSPS) is 11.4. The number of nitrogens with one attached hydrogen (secondary N) is 1. The molecule has 2 aromatic carbocycles. The van der Waals surface area contributed by atoms with Crippen LogP contribution in [-0.2, 0) is 36.9 Å². The lowest BCUT2D eigenvalue weighted by molar-refractivity contribution is -0.144. The van der Waals surface area contributed by atoms with Gasteiger partial charge in [-0.2, -0.15) is 0 Å². The van der Waals surface area contributed by atoms with E-state index in [0.29, 0.717) is 12.4 Å². The number of rotatable bonds is 9. The van der Waals surface area contributed by atoms with Gasteiger partial charge >= 0.3 is 11.9 Å². The summed E-state index contributed by atoms with van der Waals surface area (Å²) < 4.78 is 15.3. The van der Waals surface area contributed by atoms with Gasteiger partial charge in [-0.15, -0.1) is 0 Å². The van der Waals surface area contributed by atoms with Gasteiger partial charge in [0.2, 0.25) is 5.91 Å². The van der Waals surface area contributed by atoms with E-state index in [0.717, 1.165) is 11.1 Å². The van der Waals surface area contributed by atoms with E-state index in [2.05, 4.69) is 5.32 Å². The molecule has 28 heavy (non-hydrogen) atoms. The molecule has 0 aliphatic rings. The average molecular weight is 385 g/mol. The van der Waals surface area contributed by atoms with Crippen molar-refractivity contribution in [2.24, 2.45) is 0 Å². The number of hydrogen-bond acceptors (Lipinski definition) is 6. The number of ether oxygens (including phenoxy) is 3.